The number of rotatable bonds is 5. The summed E-state index contributed by atoms with van der Waals surface area (Å²) in [6, 6.07) is 10.9. The summed E-state index contributed by atoms with van der Waals surface area (Å²) < 4.78 is 35.7. The summed E-state index contributed by atoms with van der Waals surface area (Å²) in [6.07, 6.45) is 5.08. The summed E-state index contributed by atoms with van der Waals surface area (Å²) >= 11 is 0. The lowest BCUT2D eigenvalue weighted by atomic mass is 10.2. The lowest BCUT2D eigenvalue weighted by Gasteiger charge is -2.11. The molecule has 0 saturated carbocycles. The largest absolute Gasteiger partial charge is 0.457 e. The molecule has 0 aliphatic carbocycles. The molecule has 4 aromatic rings. The molecule has 0 atom stereocenters. The minimum absolute atomic E-state index is 0.00460. The van der Waals surface area contributed by atoms with Crippen LogP contribution in [0.25, 0.3) is 11.3 Å². The number of anilines is 2. The molecule has 2 amide bonds. The normalized spacial score (nSPS) is 10.6. The fourth-order valence-electron chi connectivity index (χ4n) is 2.99. The summed E-state index contributed by atoms with van der Waals surface area (Å²) in [5.41, 5.74) is 2.19. The Morgan fingerprint density at radius 2 is 1.75 bits per heavy atom. The van der Waals surface area contributed by atoms with Gasteiger partial charge in [0.05, 0.1) is 23.3 Å². The third kappa shape index (κ3) is 4.89. The molecule has 4 rings (SSSR count). The van der Waals surface area contributed by atoms with Gasteiger partial charge in [-0.25, -0.2) is 13.6 Å². The van der Waals surface area contributed by atoms with Gasteiger partial charge in [-0.1, -0.05) is 6.07 Å². The van der Waals surface area contributed by atoms with Gasteiger partial charge in [-0.05, 0) is 42.8 Å². The van der Waals surface area contributed by atoms with E-state index in [0.29, 0.717) is 11.4 Å². The van der Waals surface area contributed by atoms with Crippen LogP contribution in [0.4, 0.5) is 25.0 Å². The molecule has 0 fully saturated rings. The zero-order valence-corrected chi connectivity index (χ0v) is 17.3. The first-order valence-corrected chi connectivity index (χ1v) is 9.64. The predicted octanol–water partition coefficient (Wildman–Crippen LogP) is 5.51. The van der Waals surface area contributed by atoms with Gasteiger partial charge in [0.2, 0.25) is 0 Å². The number of ether oxygens (including phenoxy) is 1. The van der Waals surface area contributed by atoms with Gasteiger partial charge in [-0.15, -0.1) is 0 Å². The Labute approximate surface area is 182 Å². The summed E-state index contributed by atoms with van der Waals surface area (Å²) in [5, 5.41) is 8.84. The van der Waals surface area contributed by atoms with E-state index in [0.717, 1.165) is 17.2 Å². The first-order valence-electron chi connectivity index (χ1n) is 9.64. The fourth-order valence-corrected chi connectivity index (χ4v) is 2.99. The lowest BCUT2D eigenvalue weighted by molar-refractivity contribution is 0.262. The SMILES string of the molecule is Cc1ccc(F)c(NC(=O)Nc2ccc(Oc3ccnc(-c4cnn(C)c4)c3)cc2F)c1. The van der Waals surface area contributed by atoms with Crippen molar-refractivity contribution in [2.45, 2.75) is 6.92 Å². The molecule has 2 heterocycles. The maximum absolute atomic E-state index is 14.5. The maximum Gasteiger partial charge on any atom is 0.323 e. The van der Waals surface area contributed by atoms with Crippen LogP contribution in [0.2, 0.25) is 0 Å². The summed E-state index contributed by atoms with van der Waals surface area (Å²) in [6.45, 7) is 1.77. The predicted molar refractivity (Wildman–Crippen MR) is 117 cm³/mol. The van der Waals surface area contributed by atoms with Crippen LogP contribution in [0.1, 0.15) is 5.56 Å². The van der Waals surface area contributed by atoms with Crippen molar-refractivity contribution in [3.8, 4) is 22.8 Å². The molecule has 0 bridgehead atoms. The maximum atomic E-state index is 14.5. The van der Waals surface area contributed by atoms with Crippen LogP contribution in [0.15, 0.2) is 67.1 Å². The monoisotopic (exact) mass is 435 g/mol. The number of hydrogen-bond acceptors (Lipinski definition) is 4. The van der Waals surface area contributed by atoms with Crippen molar-refractivity contribution in [3.63, 3.8) is 0 Å². The van der Waals surface area contributed by atoms with E-state index in [4.69, 9.17) is 4.74 Å². The smallest absolute Gasteiger partial charge is 0.323 e. The third-order valence-corrected chi connectivity index (χ3v) is 4.53. The Morgan fingerprint density at radius 1 is 0.969 bits per heavy atom. The number of halogens is 2. The molecule has 162 valence electrons. The topological polar surface area (TPSA) is 81.1 Å². The number of carbonyl (C=O) groups excluding carboxylic acids is 1. The van der Waals surface area contributed by atoms with E-state index >= 15 is 0 Å². The van der Waals surface area contributed by atoms with Gasteiger partial charge in [0.15, 0.2) is 0 Å². The molecule has 7 nitrogen and oxygen atoms in total. The summed E-state index contributed by atoms with van der Waals surface area (Å²) in [7, 11) is 1.81. The van der Waals surface area contributed by atoms with Crippen molar-refractivity contribution < 1.29 is 18.3 Å². The number of nitrogens with one attached hydrogen (secondary N) is 2. The van der Waals surface area contributed by atoms with Crippen LogP contribution in [0.3, 0.4) is 0 Å². The average molecular weight is 435 g/mol. The van der Waals surface area contributed by atoms with Crippen LogP contribution >= 0.6 is 0 Å². The number of amides is 2. The molecule has 2 aromatic carbocycles. The second-order valence-electron chi connectivity index (χ2n) is 7.09. The van der Waals surface area contributed by atoms with Gasteiger partial charge in [0, 0.05) is 37.1 Å². The Morgan fingerprint density at radius 3 is 2.50 bits per heavy atom. The van der Waals surface area contributed by atoms with E-state index in [9.17, 15) is 13.6 Å². The fraction of sp³-hybridized carbons (Fsp3) is 0.0870. The van der Waals surface area contributed by atoms with Crippen molar-refractivity contribution in [3.05, 3.63) is 84.3 Å². The minimum Gasteiger partial charge on any atom is -0.457 e. The van der Waals surface area contributed by atoms with Gasteiger partial charge >= 0.3 is 6.03 Å². The van der Waals surface area contributed by atoms with E-state index in [1.165, 1.54) is 24.3 Å². The lowest BCUT2D eigenvalue weighted by Crippen LogP contribution is -2.20. The van der Waals surface area contributed by atoms with Gasteiger partial charge in [0.25, 0.3) is 0 Å². The zero-order chi connectivity index (χ0) is 22.7. The van der Waals surface area contributed by atoms with Crippen molar-refractivity contribution >= 4 is 17.4 Å². The Balaban J connectivity index is 1.44. The molecule has 0 spiro atoms. The minimum atomic E-state index is -0.766. The van der Waals surface area contributed by atoms with Crippen molar-refractivity contribution in [1.82, 2.24) is 14.8 Å². The second-order valence-corrected chi connectivity index (χ2v) is 7.09. The van der Waals surface area contributed by atoms with Crippen molar-refractivity contribution in [1.29, 1.82) is 0 Å². The number of hydrogen-bond donors (Lipinski definition) is 2. The third-order valence-electron chi connectivity index (χ3n) is 4.53. The van der Waals surface area contributed by atoms with E-state index in [-0.39, 0.29) is 17.1 Å². The van der Waals surface area contributed by atoms with Gasteiger partial charge in [-0.3, -0.25) is 9.67 Å². The van der Waals surface area contributed by atoms with Crippen molar-refractivity contribution in [2.24, 2.45) is 7.05 Å². The standard InChI is InChI=1S/C23H19F2N5O2/c1-14-3-5-18(24)22(9-14)29-23(31)28-20-6-4-16(10-19(20)25)32-17-7-8-26-21(11-17)15-12-27-30(2)13-15/h3-13H,1-2H3,(H2,28,29,31). The van der Waals surface area contributed by atoms with Crippen LogP contribution in [-0.2, 0) is 7.05 Å². The van der Waals surface area contributed by atoms with Gasteiger partial charge in [0.1, 0.15) is 23.1 Å². The second kappa shape index (κ2) is 8.84. The number of carbonyl (C=O) groups is 1. The number of aryl methyl sites for hydroxylation is 2. The Bertz CT molecular complexity index is 1290. The van der Waals surface area contributed by atoms with E-state index in [2.05, 4.69) is 20.7 Å². The molecule has 0 saturated heterocycles. The highest BCUT2D eigenvalue weighted by Crippen LogP contribution is 2.28. The first kappa shape index (κ1) is 21.0. The molecule has 2 N–H and O–H groups in total. The highest BCUT2D eigenvalue weighted by Gasteiger charge is 2.12. The van der Waals surface area contributed by atoms with Crippen LogP contribution in [0, 0.1) is 18.6 Å². The first-order chi connectivity index (χ1) is 15.4. The highest BCUT2D eigenvalue weighted by atomic mass is 19.1. The zero-order valence-electron chi connectivity index (χ0n) is 17.3. The number of pyridine rings is 1. The van der Waals surface area contributed by atoms with E-state index < -0.39 is 17.7 Å². The summed E-state index contributed by atoms with van der Waals surface area (Å²) in [5.74, 6) is -0.588. The van der Waals surface area contributed by atoms with Gasteiger partial charge in [-0.2, -0.15) is 5.10 Å². The molecule has 0 unspecified atom stereocenters. The van der Waals surface area contributed by atoms with Crippen LogP contribution in [-0.4, -0.2) is 20.8 Å². The quantitative estimate of drug-likeness (QED) is 0.433. The Hall–Kier alpha value is -4.27. The van der Waals surface area contributed by atoms with Crippen molar-refractivity contribution in [2.75, 3.05) is 10.6 Å². The Kier molecular flexibility index (Phi) is 5.80. The highest BCUT2D eigenvalue weighted by molar-refractivity contribution is 6.00. The number of aromatic nitrogens is 3. The molecule has 32 heavy (non-hydrogen) atoms. The van der Waals surface area contributed by atoms with Crippen LogP contribution in [0.5, 0.6) is 11.5 Å². The average Bonchev–Trinajstić information content (AvgIpc) is 3.19. The molecule has 9 heteroatoms. The number of urea groups is 1. The van der Waals surface area contributed by atoms with Gasteiger partial charge < -0.3 is 15.4 Å². The molecular weight excluding hydrogens is 416 g/mol. The molecule has 0 aliphatic rings. The van der Waals surface area contributed by atoms with E-state index in [1.54, 1.807) is 49.2 Å². The summed E-state index contributed by atoms with van der Waals surface area (Å²) in [4.78, 5) is 16.4. The number of benzene rings is 2. The molecule has 0 radical (unpaired) electrons. The van der Waals surface area contributed by atoms with E-state index in [1.807, 2.05) is 6.20 Å². The molecule has 2 aromatic heterocycles. The molecular formula is C23H19F2N5O2. The number of nitrogens with zero attached hydrogens (tertiary/aromatic N) is 3. The molecule has 0 aliphatic heterocycles. The van der Waals surface area contributed by atoms with Crippen LogP contribution < -0.4 is 15.4 Å².